The van der Waals surface area contributed by atoms with Crippen LogP contribution in [0.5, 0.6) is 0 Å². The molecule has 2 heteroatoms. The van der Waals surface area contributed by atoms with Crippen LogP contribution in [-0.2, 0) is 4.74 Å². The first-order chi connectivity index (χ1) is 6.92. The molecule has 0 amide bonds. The molecule has 1 saturated heterocycles. The van der Waals surface area contributed by atoms with Crippen molar-refractivity contribution in [2.24, 2.45) is 0 Å². The monoisotopic (exact) mass is 191 g/mol. The molecule has 14 heavy (non-hydrogen) atoms. The average molecular weight is 191 g/mol. The SMILES string of the molecule is COC(c1ccccc1)C1CCCN1. The molecule has 0 spiro atoms. The fraction of sp³-hybridized carbons (Fsp3) is 0.500. The summed E-state index contributed by atoms with van der Waals surface area (Å²) in [5, 5.41) is 3.48. The average Bonchev–Trinajstić information content (AvgIpc) is 2.74. The van der Waals surface area contributed by atoms with E-state index in [1.807, 2.05) is 6.07 Å². The van der Waals surface area contributed by atoms with E-state index in [4.69, 9.17) is 4.74 Å². The standard InChI is InChI=1S/C12H17NO/c1-14-12(11-8-5-9-13-11)10-6-3-2-4-7-10/h2-4,6-7,11-13H,5,8-9H2,1H3. The maximum atomic E-state index is 5.56. The first kappa shape index (κ1) is 9.69. The number of ether oxygens (including phenoxy) is 1. The van der Waals surface area contributed by atoms with Gasteiger partial charge >= 0.3 is 0 Å². The number of nitrogens with one attached hydrogen (secondary N) is 1. The number of methoxy groups -OCH3 is 1. The second-order valence-corrected chi connectivity index (χ2v) is 3.77. The Morgan fingerprint density at radius 3 is 2.71 bits per heavy atom. The second kappa shape index (κ2) is 4.58. The molecule has 0 radical (unpaired) electrons. The van der Waals surface area contributed by atoms with Crippen LogP contribution >= 0.6 is 0 Å². The van der Waals surface area contributed by atoms with Crippen molar-refractivity contribution in [3.63, 3.8) is 0 Å². The van der Waals surface area contributed by atoms with E-state index >= 15 is 0 Å². The zero-order valence-electron chi connectivity index (χ0n) is 8.57. The summed E-state index contributed by atoms with van der Waals surface area (Å²) in [5.41, 5.74) is 1.27. The highest BCUT2D eigenvalue weighted by molar-refractivity contribution is 5.19. The first-order valence-electron chi connectivity index (χ1n) is 5.23. The van der Waals surface area contributed by atoms with E-state index in [1.165, 1.54) is 18.4 Å². The maximum absolute atomic E-state index is 5.56. The van der Waals surface area contributed by atoms with Crippen LogP contribution in [0.25, 0.3) is 0 Å². The lowest BCUT2D eigenvalue weighted by atomic mass is 10.0. The zero-order chi connectivity index (χ0) is 9.80. The largest absolute Gasteiger partial charge is 0.375 e. The molecule has 0 bridgehead atoms. The van der Waals surface area contributed by atoms with Crippen molar-refractivity contribution in [1.29, 1.82) is 0 Å². The van der Waals surface area contributed by atoms with Gasteiger partial charge in [-0.1, -0.05) is 30.3 Å². The molecule has 1 aliphatic rings. The number of benzene rings is 1. The molecule has 2 unspecified atom stereocenters. The number of hydrogen-bond acceptors (Lipinski definition) is 2. The van der Waals surface area contributed by atoms with Gasteiger partial charge in [-0.2, -0.15) is 0 Å². The van der Waals surface area contributed by atoms with E-state index in [2.05, 4.69) is 29.6 Å². The van der Waals surface area contributed by atoms with Gasteiger partial charge in [0.25, 0.3) is 0 Å². The predicted molar refractivity (Wildman–Crippen MR) is 57.2 cm³/mol. The third kappa shape index (κ3) is 1.97. The highest BCUT2D eigenvalue weighted by Crippen LogP contribution is 2.25. The quantitative estimate of drug-likeness (QED) is 0.790. The Balaban J connectivity index is 2.12. The lowest BCUT2D eigenvalue weighted by Crippen LogP contribution is -2.29. The zero-order valence-corrected chi connectivity index (χ0v) is 8.57. The van der Waals surface area contributed by atoms with Crippen LogP contribution in [0.15, 0.2) is 30.3 Å². The Kier molecular flexibility index (Phi) is 3.17. The van der Waals surface area contributed by atoms with Gasteiger partial charge in [0.2, 0.25) is 0 Å². The molecule has 0 aliphatic carbocycles. The Labute approximate surface area is 85.3 Å². The summed E-state index contributed by atoms with van der Waals surface area (Å²) < 4.78 is 5.56. The van der Waals surface area contributed by atoms with Crippen molar-refractivity contribution in [2.75, 3.05) is 13.7 Å². The summed E-state index contributed by atoms with van der Waals surface area (Å²) in [5.74, 6) is 0. The van der Waals surface area contributed by atoms with Crippen LogP contribution < -0.4 is 5.32 Å². The topological polar surface area (TPSA) is 21.3 Å². The van der Waals surface area contributed by atoms with Crippen molar-refractivity contribution in [3.8, 4) is 0 Å². The van der Waals surface area contributed by atoms with Gasteiger partial charge in [-0.25, -0.2) is 0 Å². The van der Waals surface area contributed by atoms with Crippen LogP contribution in [0, 0.1) is 0 Å². The highest BCUT2D eigenvalue weighted by atomic mass is 16.5. The Hall–Kier alpha value is -0.860. The van der Waals surface area contributed by atoms with Crippen molar-refractivity contribution in [1.82, 2.24) is 5.32 Å². The molecule has 1 fully saturated rings. The van der Waals surface area contributed by atoms with Gasteiger partial charge in [0.15, 0.2) is 0 Å². The molecule has 76 valence electrons. The molecule has 0 saturated carbocycles. The molecule has 2 rings (SSSR count). The Morgan fingerprint density at radius 2 is 2.14 bits per heavy atom. The van der Waals surface area contributed by atoms with E-state index < -0.39 is 0 Å². The molecular weight excluding hydrogens is 174 g/mol. The van der Waals surface area contributed by atoms with E-state index in [-0.39, 0.29) is 6.10 Å². The first-order valence-corrected chi connectivity index (χ1v) is 5.23. The summed E-state index contributed by atoms with van der Waals surface area (Å²) in [6.45, 7) is 1.12. The minimum Gasteiger partial charge on any atom is -0.375 e. The van der Waals surface area contributed by atoms with Crippen molar-refractivity contribution < 1.29 is 4.74 Å². The molecule has 1 aromatic rings. The Morgan fingerprint density at radius 1 is 1.36 bits per heavy atom. The maximum Gasteiger partial charge on any atom is 0.0973 e. The third-order valence-electron chi connectivity index (χ3n) is 2.85. The molecule has 2 nitrogen and oxygen atoms in total. The number of hydrogen-bond donors (Lipinski definition) is 1. The van der Waals surface area contributed by atoms with E-state index in [0.29, 0.717) is 6.04 Å². The Bertz CT molecular complexity index is 267. The summed E-state index contributed by atoms with van der Waals surface area (Å²) in [7, 11) is 1.79. The van der Waals surface area contributed by atoms with Gasteiger partial charge in [-0.3, -0.25) is 0 Å². The van der Waals surface area contributed by atoms with Crippen LogP contribution in [0.2, 0.25) is 0 Å². The molecule has 1 heterocycles. The smallest absolute Gasteiger partial charge is 0.0973 e. The molecule has 1 N–H and O–H groups in total. The molecule has 0 aromatic heterocycles. The third-order valence-corrected chi connectivity index (χ3v) is 2.85. The van der Waals surface area contributed by atoms with E-state index in [9.17, 15) is 0 Å². The normalized spacial score (nSPS) is 23.6. The summed E-state index contributed by atoms with van der Waals surface area (Å²) in [6.07, 6.45) is 2.68. The lowest BCUT2D eigenvalue weighted by Gasteiger charge is -2.22. The summed E-state index contributed by atoms with van der Waals surface area (Å²) >= 11 is 0. The van der Waals surface area contributed by atoms with E-state index in [0.717, 1.165) is 6.54 Å². The molecular formula is C12H17NO. The minimum atomic E-state index is 0.207. The van der Waals surface area contributed by atoms with Gasteiger partial charge in [-0.15, -0.1) is 0 Å². The molecule has 2 atom stereocenters. The van der Waals surface area contributed by atoms with Gasteiger partial charge in [0.1, 0.15) is 0 Å². The summed E-state index contributed by atoms with van der Waals surface area (Å²) in [4.78, 5) is 0. The van der Waals surface area contributed by atoms with Crippen molar-refractivity contribution >= 4 is 0 Å². The van der Waals surface area contributed by atoms with Gasteiger partial charge in [-0.05, 0) is 24.9 Å². The minimum absolute atomic E-state index is 0.207. The van der Waals surface area contributed by atoms with Crippen molar-refractivity contribution in [2.45, 2.75) is 25.0 Å². The van der Waals surface area contributed by atoms with Crippen molar-refractivity contribution in [3.05, 3.63) is 35.9 Å². The molecule has 1 aromatic carbocycles. The fourth-order valence-electron chi connectivity index (χ4n) is 2.15. The fourth-order valence-corrected chi connectivity index (χ4v) is 2.15. The van der Waals surface area contributed by atoms with Crippen LogP contribution in [-0.4, -0.2) is 19.7 Å². The molecule has 1 aliphatic heterocycles. The number of rotatable bonds is 3. The second-order valence-electron chi connectivity index (χ2n) is 3.77. The van der Waals surface area contributed by atoms with Crippen LogP contribution in [0.4, 0.5) is 0 Å². The highest BCUT2D eigenvalue weighted by Gasteiger charge is 2.25. The lowest BCUT2D eigenvalue weighted by molar-refractivity contribution is 0.0741. The van der Waals surface area contributed by atoms with Crippen LogP contribution in [0.1, 0.15) is 24.5 Å². The van der Waals surface area contributed by atoms with E-state index in [1.54, 1.807) is 7.11 Å². The predicted octanol–water partition coefficient (Wildman–Crippen LogP) is 2.13. The summed E-state index contributed by atoms with van der Waals surface area (Å²) in [6, 6.07) is 10.9. The van der Waals surface area contributed by atoms with Crippen LogP contribution in [0.3, 0.4) is 0 Å². The van der Waals surface area contributed by atoms with Gasteiger partial charge in [0.05, 0.1) is 6.10 Å². The van der Waals surface area contributed by atoms with Gasteiger partial charge in [0, 0.05) is 13.2 Å². The van der Waals surface area contributed by atoms with Gasteiger partial charge < -0.3 is 10.1 Å².